The molecule has 1 N–H and O–H groups in total. The van der Waals surface area contributed by atoms with E-state index < -0.39 is 11.9 Å². The maximum atomic E-state index is 10.6. The number of carboxylic acid groups (broad SMARTS) is 1. The molecular formula is C7H11O5-. The van der Waals surface area contributed by atoms with Crippen LogP contribution in [-0.4, -0.2) is 30.3 Å². The third kappa shape index (κ3) is 7.01. The Hall–Kier alpha value is -1.10. The van der Waals surface area contributed by atoms with Crippen molar-refractivity contribution in [1.82, 2.24) is 0 Å². The van der Waals surface area contributed by atoms with Crippen molar-refractivity contribution in [1.29, 1.82) is 0 Å². The number of carbonyl (C=O) groups is 2. The van der Waals surface area contributed by atoms with E-state index >= 15 is 0 Å². The SMILES string of the molecule is O=C([O-])CCCC(=O)OCCO. The van der Waals surface area contributed by atoms with Crippen molar-refractivity contribution in [2.45, 2.75) is 19.3 Å². The lowest BCUT2D eigenvalue weighted by Gasteiger charge is -2.02. The molecule has 0 atom stereocenters. The average molecular weight is 175 g/mol. The summed E-state index contributed by atoms with van der Waals surface area (Å²) < 4.78 is 4.47. The van der Waals surface area contributed by atoms with Crippen molar-refractivity contribution < 1.29 is 24.5 Å². The number of aliphatic hydroxyl groups excluding tert-OH is 1. The molecule has 0 heterocycles. The summed E-state index contributed by atoms with van der Waals surface area (Å²) >= 11 is 0. The van der Waals surface area contributed by atoms with Gasteiger partial charge in [0, 0.05) is 12.4 Å². The van der Waals surface area contributed by atoms with Gasteiger partial charge in [0.1, 0.15) is 6.61 Å². The molecule has 0 aliphatic rings. The van der Waals surface area contributed by atoms with Crippen LogP contribution in [0.2, 0.25) is 0 Å². The molecule has 0 bridgehead atoms. The topological polar surface area (TPSA) is 86.7 Å². The van der Waals surface area contributed by atoms with Gasteiger partial charge >= 0.3 is 5.97 Å². The summed E-state index contributed by atoms with van der Waals surface area (Å²) in [5.74, 6) is -1.67. The molecule has 0 amide bonds. The Morgan fingerprint density at radius 2 is 2.00 bits per heavy atom. The molecule has 5 nitrogen and oxygen atoms in total. The number of ether oxygens (including phenoxy) is 1. The quantitative estimate of drug-likeness (QED) is 0.493. The van der Waals surface area contributed by atoms with Crippen LogP contribution in [0.15, 0.2) is 0 Å². The zero-order valence-corrected chi connectivity index (χ0v) is 6.62. The van der Waals surface area contributed by atoms with Gasteiger partial charge in [0.2, 0.25) is 0 Å². The highest BCUT2D eigenvalue weighted by Gasteiger charge is 2.01. The molecular weight excluding hydrogens is 164 g/mol. The van der Waals surface area contributed by atoms with Gasteiger partial charge in [-0.15, -0.1) is 0 Å². The molecule has 0 aliphatic carbocycles. The number of hydrogen-bond acceptors (Lipinski definition) is 5. The second kappa shape index (κ2) is 6.60. The first-order chi connectivity index (χ1) is 5.66. The second-order valence-corrected chi connectivity index (χ2v) is 2.17. The Labute approximate surface area is 70.0 Å². The van der Waals surface area contributed by atoms with E-state index in [0.717, 1.165) is 0 Å². The normalized spacial score (nSPS) is 9.42. The van der Waals surface area contributed by atoms with Gasteiger partial charge in [0.05, 0.1) is 6.61 Å². The van der Waals surface area contributed by atoms with Gasteiger partial charge in [-0.05, 0) is 12.8 Å². The predicted octanol–water partition coefficient (Wildman–Crippen LogP) is -1.56. The molecule has 0 saturated heterocycles. The lowest BCUT2D eigenvalue weighted by atomic mass is 10.2. The molecule has 12 heavy (non-hydrogen) atoms. The fourth-order valence-electron chi connectivity index (χ4n) is 0.609. The van der Waals surface area contributed by atoms with Crippen molar-refractivity contribution in [2.75, 3.05) is 13.2 Å². The summed E-state index contributed by atoms with van der Waals surface area (Å²) in [7, 11) is 0. The Bertz CT molecular complexity index is 154. The lowest BCUT2D eigenvalue weighted by Crippen LogP contribution is -2.22. The van der Waals surface area contributed by atoms with Gasteiger partial charge < -0.3 is 19.7 Å². The Kier molecular flexibility index (Phi) is 6.00. The summed E-state index contributed by atoms with van der Waals surface area (Å²) in [6.45, 7) is -0.254. The van der Waals surface area contributed by atoms with E-state index in [1.165, 1.54) is 0 Å². The smallest absolute Gasteiger partial charge is 0.305 e. The minimum atomic E-state index is -1.18. The third-order valence-electron chi connectivity index (χ3n) is 1.12. The second-order valence-electron chi connectivity index (χ2n) is 2.17. The molecule has 0 aliphatic heterocycles. The molecule has 0 spiro atoms. The fraction of sp³-hybridized carbons (Fsp3) is 0.714. The summed E-state index contributed by atoms with van der Waals surface area (Å²) in [4.78, 5) is 20.5. The Morgan fingerprint density at radius 3 is 2.50 bits per heavy atom. The average Bonchev–Trinajstić information content (AvgIpc) is 2.00. The number of rotatable bonds is 6. The summed E-state index contributed by atoms with van der Waals surface area (Å²) in [6.07, 6.45) is 0.120. The van der Waals surface area contributed by atoms with Crippen LogP contribution in [0.25, 0.3) is 0 Å². The predicted molar refractivity (Wildman–Crippen MR) is 36.9 cm³/mol. The first-order valence-electron chi connectivity index (χ1n) is 3.63. The van der Waals surface area contributed by atoms with E-state index in [0.29, 0.717) is 0 Å². The van der Waals surface area contributed by atoms with Crippen LogP contribution in [-0.2, 0) is 14.3 Å². The van der Waals surface area contributed by atoms with Crippen LogP contribution in [0.3, 0.4) is 0 Å². The first kappa shape index (κ1) is 10.9. The van der Waals surface area contributed by atoms with Gasteiger partial charge in [-0.1, -0.05) is 0 Å². The van der Waals surface area contributed by atoms with Crippen LogP contribution in [0.1, 0.15) is 19.3 Å². The molecule has 0 radical (unpaired) electrons. The number of aliphatic hydroxyl groups is 1. The number of esters is 1. The van der Waals surface area contributed by atoms with E-state index in [9.17, 15) is 14.7 Å². The van der Waals surface area contributed by atoms with Crippen molar-refractivity contribution in [3.63, 3.8) is 0 Å². The van der Waals surface area contributed by atoms with E-state index in [1.54, 1.807) is 0 Å². The van der Waals surface area contributed by atoms with E-state index in [-0.39, 0.29) is 32.5 Å². The number of carboxylic acids is 1. The number of hydrogen-bond donors (Lipinski definition) is 1. The molecule has 0 unspecified atom stereocenters. The van der Waals surface area contributed by atoms with Gasteiger partial charge in [-0.25, -0.2) is 0 Å². The standard InChI is InChI=1S/C7H12O5/c8-4-5-12-7(11)3-1-2-6(9)10/h8H,1-5H2,(H,9,10)/p-1. The zero-order valence-electron chi connectivity index (χ0n) is 6.62. The van der Waals surface area contributed by atoms with Crippen molar-refractivity contribution in [2.24, 2.45) is 0 Å². The fourth-order valence-corrected chi connectivity index (χ4v) is 0.609. The van der Waals surface area contributed by atoms with E-state index in [4.69, 9.17) is 5.11 Å². The molecule has 0 aromatic heterocycles. The van der Waals surface area contributed by atoms with Crippen molar-refractivity contribution in [3.8, 4) is 0 Å². The largest absolute Gasteiger partial charge is 0.550 e. The van der Waals surface area contributed by atoms with E-state index in [2.05, 4.69) is 4.74 Å². The van der Waals surface area contributed by atoms with Crippen LogP contribution in [0.4, 0.5) is 0 Å². The van der Waals surface area contributed by atoms with Crippen LogP contribution >= 0.6 is 0 Å². The van der Waals surface area contributed by atoms with Crippen LogP contribution in [0, 0.1) is 0 Å². The maximum Gasteiger partial charge on any atom is 0.305 e. The van der Waals surface area contributed by atoms with Gasteiger partial charge in [-0.3, -0.25) is 4.79 Å². The van der Waals surface area contributed by atoms with Gasteiger partial charge in [0.15, 0.2) is 0 Å². The monoisotopic (exact) mass is 175 g/mol. The van der Waals surface area contributed by atoms with E-state index in [1.807, 2.05) is 0 Å². The Balaban J connectivity index is 3.25. The van der Waals surface area contributed by atoms with Gasteiger partial charge in [0.25, 0.3) is 0 Å². The molecule has 0 rings (SSSR count). The summed E-state index contributed by atoms with van der Waals surface area (Å²) in [5, 5.41) is 18.1. The minimum Gasteiger partial charge on any atom is -0.550 e. The summed E-state index contributed by atoms with van der Waals surface area (Å²) in [5.41, 5.74) is 0. The third-order valence-corrected chi connectivity index (χ3v) is 1.12. The molecule has 0 aromatic carbocycles. The highest BCUT2D eigenvalue weighted by Crippen LogP contribution is 1.96. The van der Waals surface area contributed by atoms with Crippen molar-refractivity contribution in [3.05, 3.63) is 0 Å². The van der Waals surface area contributed by atoms with Gasteiger partial charge in [-0.2, -0.15) is 0 Å². The van der Waals surface area contributed by atoms with Crippen LogP contribution < -0.4 is 5.11 Å². The zero-order chi connectivity index (χ0) is 9.40. The van der Waals surface area contributed by atoms with Crippen molar-refractivity contribution >= 4 is 11.9 Å². The lowest BCUT2D eigenvalue weighted by molar-refractivity contribution is -0.305. The highest BCUT2D eigenvalue weighted by molar-refractivity contribution is 5.70. The molecule has 0 aromatic rings. The Morgan fingerprint density at radius 1 is 1.33 bits per heavy atom. The first-order valence-corrected chi connectivity index (χ1v) is 3.63. The molecule has 0 fully saturated rings. The molecule has 5 heteroatoms. The number of aliphatic carboxylic acids is 1. The maximum absolute atomic E-state index is 10.6. The minimum absolute atomic E-state index is 0.0375. The highest BCUT2D eigenvalue weighted by atomic mass is 16.5. The molecule has 70 valence electrons. The van der Waals surface area contributed by atoms with Crippen LogP contribution in [0.5, 0.6) is 0 Å². The molecule has 0 saturated carbocycles. The summed E-state index contributed by atoms with van der Waals surface area (Å²) in [6, 6.07) is 0. The number of carbonyl (C=O) groups excluding carboxylic acids is 2.